The quantitative estimate of drug-likeness (QED) is 0.759. The first-order valence-electron chi connectivity index (χ1n) is 7.98. The number of hydrogen-bond acceptors (Lipinski definition) is 2. The molecule has 0 radical (unpaired) electrons. The fraction of sp³-hybridized carbons (Fsp3) is 0.588. The first kappa shape index (κ1) is 15.8. The summed E-state index contributed by atoms with van der Waals surface area (Å²) in [6, 6.07) is 10.3. The van der Waals surface area contributed by atoms with Gasteiger partial charge in [-0.1, -0.05) is 30.3 Å². The van der Waals surface area contributed by atoms with E-state index in [2.05, 4.69) is 22.8 Å². The Morgan fingerprint density at radius 2 is 1.81 bits per heavy atom. The Bertz CT molecular complexity index is 403. The molecule has 116 valence electrons. The lowest BCUT2D eigenvalue weighted by atomic mass is 9.97. The van der Waals surface area contributed by atoms with Gasteiger partial charge in [-0.25, -0.2) is 4.79 Å². The molecule has 0 unspecified atom stereocenters. The number of hydrogen-bond donors (Lipinski definition) is 2. The normalized spacial score (nSPS) is 15.6. The highest BCUT2D eigenvalue weighted by Gasteiger charge is 2.13. The average Bonchev–Trinajstić information content (AvgIpc) is 2.54. The number of urea groups is 1. The first-order valence-corrected chi connectivity index (χ1v) is 7.98. The van der Waals surface area contributed by atoms with Crippen molar-refractivity contribution in [2.75, 3.05) is 26.3 Å². The summed E-state index contributed by atoms with van der Waals surface area (Å²) < 4.78 is 5.33. The smallest absolute Gasteiger partial charge is 0.314 e. The molecule has 1 heterocycles. The lowest BCUT2D eigenvalue weighted by Gasteiger charge is -2.21. The van der Waals surface area contributed by atoms with E-state index in [1.54, 1.807) is 0 Å². The molecule has 2 rings (SSSR count). The van der Waals surface area contributed by atoms with E-state index in [9.17, 15) is 4.79 Å². The van der Waals surface area contributed by atoms with Gasteiger partial charge in [-0.2, -0.15) is 0 Å². The lowest BCUT2D eigenvalue weighted by Crippen LogP contribution is -2.37. The average molecular weight is 290 g/mol. The number of benzene rings is 1. The van der Waals surface area contributed by atoms with E-state index in [-0.39, 0.29) is 6.03 Å². The van der Waals surface area contributed by atoms with Crippen molar-refractivity contribution in [2.24, 2.45) is 5.92 Å². The summed E-state index contributed by atoms with van der Waals surface area (Å²) in [5, 5.41) is 5.85. The van der Waals surface area contributed by atoms with Gasteiger partial charge in [-0.05, 0) is 43.6 Å². The van der Waals surface area contributed by atoms with Gasteiger partial charge in [0.15, 0.2) is 0 Å². The molecule has 0 saturated carbocycles. The van der Waals surface area contributed by atoms with Crippen LogP contribution in [0.1, 0.15) is 31.2 Å². The minimum absolute atomic E-state index is 0.0462. The number of carbonyl (C=O) groups excluding carboxylic acids is 1. The molecule has 0 atom stereocenters. The first-order chi connectivity index (χ1) is 10.3. The zero-order valence-electron chi connectivity index (χ0n) is 12.6. The second-order valence-electron chi connectivity index (χ2n) is 5.62. The number of aryl methyl sites for hydroxylation is 1. The molecule has 0 spiro atoms. The zero-order valence-corrected chi connectivity index (χ0v) is 12.6. The number of nitrogens with one attached hydrogen (secondary N) is 2. The third-order valence-corrected chi connectivity index (χ3v) is 3.95. The summed E-state index contributed by atoms with van der Waals surface area (Å²) in [4.78, 5) is 11.6. The molecular formula is C17H26N2O2. The van der Waals surface area contributed by atoms with Crippen molar-refractivity contribution < 1.29 is 9.53 Å². The molecule has 1 saturated heterocycles. The highest BCUT2D eigenvalue weighted by molar-refractivity contribution is 5.73. The largest absolute Gasteiger partial charge is 0.381 e. The van der Waals surface area contributed by atoms with E-state index in [4.69, 9.17) is 4.74 Å². The van der Waals surface area contributed by atoms with Gasteiger partial charge < -0.3 is 15.4 Å². The minimum atomic E-state index is -0.0462. The molecule has 21 heavy (non-hydrogen) atoms. The molecule has 1 aromatic rings. The van der Waals surface area contributed by atoms with Crippen molar-refractivity contribution in [3.63, 3.8) is 0 Å². The maximum Gasteiger partial charge on any atom is 0.314 e. The molecule has 1 aliphatic rings. The minimum Gasteiger partial charge on any atom is -0.381 e. The Morgan fingerprint density at radius 1 is 1.10 bits per heavy atom. The Hall–Kier alpha value is -1.55. The van der Waals surface area contributed by atoms with Gasteiger partial charge in [0, 0.05) is 26.3 Å². The predicted octanol–water partition coefficient (Wildman–Crippen LogP) is 2.74. The molecule has 4 nitrogen and oxygen atoms in total. The maximum atomic E-state index is 11.6. The van der Waals surface area contributed by atoms with E-state index >= 15 is 0 Å². The van der Waals surface area contributed by atoms with Crippen molar-refractivity contribution in [3.8, 4) is 0 Å². The Morgan fingerprint density at radius 3 is 2.57 bits per heavy atom. The third-order valence-electron chi connectivity index (χ3n) is 3.95. The van der Waals surface area contributed by atoms with Crippen molar-refractivity contribution in [1.29, 1.82) is 0 Å². The molecule has 2 N–H and O–H groups in total. The van der Waals surface area contributed by atoms with Gasteiger partial charge in [0.05, 0.1) is 0 Å². The Balaban J connectivity index is 1.47. The van der Waals surface area contributed by atoms with Crippen LogP contribution in [0.25, 0.3) is 0 Å². The molecule has 1 aromatic carbocycles. The lowest BCUT2D eigenvalue weighted by molar-refractivity contribution is 0.0642. The monoisotopic (exact) mass is 290 g/mol. The van der Waals surface area contributed by atoms with Gasteiger partial charge in [-0.15, -0.1) is 0 Å². The van der Waals surface area contributed by atoms with E-state index in [1.165, 1.54) is 5.56 Å². The van der Waals surface area contributed by atoms with Crippen molar-refractivity contribution >= 4 is 6.03 Å². The van der Waals surface area contributed by atoms with Crippen LogP contribution >= 0.6 is 0 Å². The topological polar surface area (TPSA) is 50.4 Å². The van der Waals surface area contributed by atoms with Crippen LogP contribution in [-0.4, -0.2) is 32.3 Å². The number of rotatable bonds is 7. The van der Waals surface area contributed by atoms with Crippen LogP contribution < -0.4 is 10.6 Å². The summed E-state index contributed by atoms with van der Waals surface area (Å²) >= 11 is 0. The van der Waals surface area contributed by atoms with Crippen LogP contribution in [0.4, 0.5) is 4.79 Å². The van der Waals surface area contributed by atoms with Gasteiger partial charge in [0.2, 0.25) is 0 Å². The molecular weight excluding hydrogens is 264 g/mol. The van der Waals surface area contributed by atoms with E-state index in [0.29, 0.717) is 5.92 Å². The van der Waals surface area contributed by atoms with Crippen LogP contribution in [0.3, 0.4) is 0 Å². The van der Waals surface area contributed by atoms with Gasteiger partial charge in [0.1, 0.15) is 0 Å². The van der Waals surface area contributed by atoms with Crippen LogP contribution in [0.2, 0.25) is 0 Å². The molecule has 2 amide bonds. The molecule has 0 aromatic heterocycles. The van der Waals surface area contributed by atoms with Crippen molar-refractivity contribution in [2.45, 2.75) is 32.1 Å². The molecule has 1 aliphatic heterocycles. The second-order valence-corrected chi connectivity index (χ2v) is 5.62. The van der Waals surface area contributed by atoms with Crippen molar-refractivity contribution in [1.82, 2.24) is 10.6 Å². The maximum absolute atomic E-state index is 11.6. The Kier molecular flexibility index (Phi) is 7.08. The Labute approximate surface area is 127 Å². The van der Waals surface area contributed by atoms with E-state index in [1.807, 2.05) is 18.2 Å². The van der Waals surface area contributed by atoms with Gasteiger partial charge >= 0.3 is 6.03 Å². The second kappa shape index (κ2) is 9.40. The van der Waals surface area contributed by atoms with Crippen LogP contribution in [-0.2, 0) is 11.2 Å². The third kappa shape index (κ3) is 6.63. The summed E-state index contributed by atoms with van der Waals surface area (Å²) in [6.45, 7) is 3.22. The summed E-state index contributed by atoms with van der Waals surface area (Å²) in [7, 11) is 0. The highest BCUT2D eigenvalue weighted by atomic mass is 16.5. The van der Waals surface area contributed by atoms with Gasteiger partial charge in [0.25, 0.3) is 0 Å². The number of carbonyl (C=O) groups is 1. The summed E-state index contributed by atoms with van der Waals surface area (Å²) in [5.74, 6) is 0.706. The van der Waals surface area contributed by atoms with E-state index < -0.39 is 0 Å². The molecule has 4 heteroatoms. The summed E-state index contributed by atoms with van der Waals surface area (Å²) in [6.07, 6.45) is 5.28. The van der Waals surface area contributed by atoms with Crippen LogP contribution in [0.15, 0.2) is 30.3 Å². The summed E-state index contributed by atoms with van der Waals surface area (Å²) in [5.41, 5.74) is 1.32. The van der Waals surface area contributed by atoms with Crippen LogP contribution in [0.5, 0.6) is 0 Å². The number of amides is 2. The predicted molar refractivity (Wildman–Crippen MR) is 84.3 cm³/mol. The SMILES string of the molecule is O=C(NCCCc1ccccc1)NCCC1CCOCC1. The number of ether oxygens (including phenoxy) is 1. The molecule has 0 bridgehead atoms. The molecule has 1 fully saturated rings. The fourth-order valence-corrected chi connectivity index (χ4v) is 2.63. The van der Waals surface area contributed by atoms with E-state index in [0.717, 1.165) is 58.4 Å². The fourth-order valence-electron chi connectivity index (χ4n) is 2.63. The van der Waals surface area contributed by atoms with Crippen molar-refractivity contribution in [3.05, 3.63) is 35.9 Å². The zero-order chi connectivity index (χ0) is 14.8. The molecule has 0 aliphatic carbocycles. The standard InChI is InChI=1S/C17H26N2O2/c20-17(19-12-8-16-9-13-21-14-10-16)18-11-4-7-15-5-2-1-3-6-15/h1-3,5-6,16H,4,7-14H2,(H2,18,19,20). The van der Waals surface area contributed by atoms with Crippen LogP contribution in [0, 0.1) is 5.92 Å². The highest BCUT2D eigenvalue weighted by Crippen LogP contribution is 2.17. The van der Waals surface area contributed by atoms with Gasteiger partial charge in [-0.3, -0.25) is 0 Å².